The van der Waals surface area contributed by atoms with Crippen LogP contribution >= 0.6 is 15.9 Å². The second-order valence-corrected chi connectivity index (χ2v) is 5.95. The number of alkyl halides is 1. The van der Waals surface area contributed by atoms with Gasteiger partial charge in [0.15, 0.2) is 0 Å². The van der Waals surface area contributed by atoms with Gasteiger partial charge in [0.1, 0.15) is 11.6 Å². The van der Waals surface area contributed by atoms with Crippen molar-refractivity contribution in [1.29, 1.82) is 0 Å². The number of hydrogen-bond acceptors (Lipinski definition) is 2. The highest BCUT2D eigenvalue weighted by Gasteiger charge is 2.23. The predicted octanol–water partition coefficient (Wildman–Crippen LogP) is 2.82. The fraction of sp³-hybridized carbons (Fsp3) is 0.462. The first-order chi connectivity index (χ1) is 8.56. The molecule has 18 heavy (non-hydrogen) atoms. The summed E-state index contributed by atoms with van der Waals surface area (Å²) in [5.74, 6) is -0.844. The Morgan fingerprint density at radius 3 is 2.89 bits per heavy atom. The molecule has 0 aliphatic heterocycles. The summed E-state index contributed by atoms with van der Waals surface area (Å²) in [6.07, 6.45) is 3.24. The van der Waals surface area contributed by atoms with Gasteiger partial charge in [-0.15, -0.1) is 0 Å². The molecule has 5 heteroatoms. The number of phenolic OH excluding ortho intramolecular Hbond substituents is 1. The highest BCUT2D eigenvalue weighted by Crippen LogP contribution is 2.30. The van der Waals surface area contributed by atoms with E-state index in [4.69, 9.17) is 5.11 Å². The average Bonchev–Trinajstić information content (AvgIpc) is 2.72. The van der Waals surface area contributed by atoms with E-state index < -0.39 is 11.7 Å². The molecule has 0 aromatic heterocycles. The maximum absolute atomic E-state index is 13.4. The number of aromatic hydroxyl groups is 1. The highest BCUT2D eigenvalue weighted by atomic mass is 79.9. The molecule has 1 aliphatic rings. The van der Waals surface area contributed by atoms with Gasteiger partial charge in [0.25, 0.3) is 5.91 Å². The normalized spacial score (nSPS) is 23.0. The third-order valence-corrected chi connectivity index (χ3v) is 4.06. The molecule has 2 N–H and O–H groups in total. The minimum atomic E-state index is -0.697. The molecule has 98 valence electrons. The lowest BCUT2D eigenvalue weighted by Gasteiger charge is -2.11. The van der Waals surface area contributed by atoms with Crippen LogP contribution in [0.1, 0.15) is 29.6 Å². The zero-order valence-corrected chi connectivity index (χ0v) is 11.4. The Morgan fingerprint density at radius 2 is 2.28 bits per heavy atom. The Labute approximate surface area is 114 Å². The van der Waals surface area contributed by atoms with Crippen molar-refractivity contribution in [1.82, 2.24) is 5.32 Å². The van der Waals surface area contributed by atoms with Crippen molar-refractivity contribution in [2.24, 2.45) is 5.92 Å². The topological polar surface area (TPSA) is 49.3 Å². The lowest BCUT2D eigenvalue weighted by molar-refractivity contribution is 0.0943. The number of amides is 1. The number of carbonyl (C=O) groups is 1. The SMILES string of the molecule is O=C(NCC1CCC(Br)C1)c1ccc(O)cc1F. The van der Waals surface area contributed by atoms with Gasteiger partial charge in [-0.2, -0.15) is 0 Å². The Morgan fingerprint density at radius 1 is 1.50 bits per heavy atom. The second kappa shape index (κ2) is 5.69. The molecule has 2 atom stereocenters. The van der Waals surface area contributed by atoms with Gasteiger partial charge in [0, 0.05) is 17.4 Å². The number of rotatable bonds is 3. The molecule has 1 aromatic carbocycles. The van der Waals surface area contributed by atoms with Gasteiger partial charge >= 0.3 is 0 Å². The third kappa shape index (κ3) is 3.22. The Bertz CT molecular complexity index is 453. The van der Waals surface area contributed by atoms with E-state index in [-0.39, 0.29) is 11.3 Å². The molecular formula is C13H15BrFNO2. The van der Waals surface area contributed by atoms with Gasteiger partial charge in [-0.05, 0) is 37.3 Å². The first-order valence-electron chi connectivity index (χ1n) is 5.97. The Balaban J connectivity index is 1.91. The zero-order chi connectivity index (χ0) is 13.1. The lowest BCUT2D eigenvalue weighted by Crippen LogP contribution is -2.29. The fourth-order valence-corrected chi connectivity index (χ4v) is 3.01. The second-order valence-electron chi connectivity index (χ2n) is 4.65. The van der Waals surface area contributed by atoms with Crippen molar-refractivity contribution < 1.29 is 14.3 Å². The van der Waals surface area contributed by atoms with Crippen LogP contribution in [0.5, 0.6) is 5.75 Å². The summed E-state index contributed by atoms with van der Waals surface area (Å²) in [6, 6.07) is 3.54. The van der Waals surface area contributed by atoms with E-state index in [1.165, 1.54) is 12.1 Å². The summed E-state index contributed by atoms with van der Waals surface area (Å²) in [6.45, 7) is 0.571. The smallest absolute Gasteiger partial charge is 0.254 e. The molecule has 1 saturated carbocycles. The van der Waals surface area contributed by atoms with Crippen molar-refractivity contribution in [3.8, 4) is 5.75 Å². The first-order valence-corrected chi connectivity index (χ1v) is 6.88. The molecule has 1 amide bonds. The molecule has 0 bridgehead atoms. The van der Waals surface area contributed by atoms with Crippen molar-refractivity contribution in [3.05, 3.63) is 29.6 Å². The van der Waals surface area contributed by atoms with E-state index in [1.54, 1.807) is 0 Å². The quantitative estimate of drug-likeness (QED) is 0.843. The van der Waals surface area contributed by atoms with Crippen molar-refractivity contribution in [3.63, 3.8) is 0 Å². The summed E-state index contributed by atoms with van der Waals surface area (Å²) < 4.78 is 13.4. The molecule has 1 aromatic rings. The largest absolute Gasteiger partial charge is 0.508 e. The molecule has 2 unspecified atom stereocenters. The highest BCUT2D eigenvalue weighted by molar-refractivity contribution is 9.09. The number of carbonyl (C=O) groups excluding carboxylic acids is 1. The van der Waals surface area contributed by atoms with Crippen LogP contribution in [0.25, 0.3) is 0 Å². The van der Waals surface area contributed by atoms with E-state index in [1.807, 2.05) is 0 Å². The van der Waals surface area contributed by atoms with Crippen LogP contribution < -0.4 is 5.32 Å². The molecule has 0 radical (unpaired) electrons. The third-order valence-electron chi connectivity index (χ3n) is 3.23. The average molecular weight is 316 g/mol. The van der Waals surface area contributed by atoms with Gasteiger partial charge < -0.3 is 10.4 Å². The van der Waals surface area contributed by atoms with Crippen molar-refractivity contribution >= 4 is 21.8 Å². The van der Waals surface area contributed by atoms with Crippen molar-refractivity contribution in [2.45, 2.75) is 24.1 Å². The molecule has 1 fully saturated rings. The zero-order valence-electron chi connectivity index (χ0n) is 9.83. The van der Waals surface area contributed by atoms with Crippen LogP contribution in [0, 0.1) is 11.7 Å². The number of halogens is 2. The Kier molecular flexibility index (Phi) is 4.22. The maximum Gasteiger partial charge on any atom is 0.254 e. The molecule has 0 spiro atoms. The number of nitrogens with one attached hydrogen (secondary N) is 1. The minimum absolute atomic E-state index is 0.0267. The molecule has 1 aliphatic carbocycles. The van der Waals surface area contributed by atoms with E-state index in [9.17, 15) is 9.18 Å². The molecular weight excluding hydrogens is 301 g/mol. The van der Waals surface area contributed by atoms with Crippen LogP contribution in [0.2, 0.25) is 0 Å². The van der Waals surface area contributed by atoms with E-state index >= 15 is 0 Å². The summed E-state index contributed by atoms with van der Waals surface area (Å²) in [5, 5.41) is 11.8. The maximum atomic E-state index is 13.4. The minimum Gasteiger partial charge on any atom is -0.508 e. The number of phenols is 1. The van der Waals surface area contributed by atoms with Crippen molar-refractivity contribution in [2.75, 3.05) is 6.54 Å². The van der Waals surface area contributed by atoms with Gasteiger partial charge in [0.05, 0.1) is 5.56 Å². The summed E-state index contributed by atoms with van der Waals surface area (Å²) in [7, 11) is 0. The summed E-state index contributed by atoms with van der Waals surface area (Å²) in [4.78, 5) is 12.3. The monoisotopic (exact) mass is 315 g/mol. The van der Waals surface area contributed by atoms with Gasteiger partial charge in [0.2, 0.25) is 0 Å². The van der Waals surface area contributed by atoms with E-state index in [0.29, 0.717) is 17.3 Å². The molecule has 3 nitrogen and oxygen atoms in total. The molecule has 2 rings (SSSR count). The van der Waals surface area contributed by atoms with E-state index in [2.05, 4.69) is 21.2 Å². The van der Waals surface area contributed by atoms with Gasteiger partial charge in [-0.3, -0.25) is 4.79 Å². The summed E-state index contributed by atoms with van der Waals surface area (Å²) in [5.41, 5.74) is -0.0267. The van der Waals surface area contributed by atoms with Crippen LogP contribution in [0.4, 0.5) is 4.39 Å². The van der Waals surface area contributed by atoms with Crippen LogP contribution in [0.15, 0.2) is 18.2 Å². The van der Waals surface area contributed by atoms with Gasteiger partial charge in [-0.1, -0.05) is 15.9 Å². The fourth-order valence-electron chi connectivity index (χ4n) is 2.22. The standard InChI is InChI=1S/C13H15BrFNO2/c14-9-2-1-8(5-9)7-16-13(18)11-4-3-10(17)6-12(11)15/h3-4,6,8-9,17H,1-2,5,7H2,(H,16,18). The molecule has 0 heterocycles. The number of benzene rings is 1. The van der Waals surface area contributed by atoms with Crippen LogP contribution in [0.3, 0.4) is 0 Å². The molecule has 0 saturated heterocycles. The van der Waals surface area contributed by atoms with Crippen LogP contribution in [-0.2, 0) is 0 Å². The summed E-state index contributed by atoms with van der Waals surface area (Å²) >= 11 is 3.55. The first kappa shape index (κ1) is 13.3. The van der Waals surface area contributed by atoms with Crippen LogP contribution in [-0.4, -0.2) is 22.4 Å². The number of hydrogen-bond donors (Lipinski definition) is 2. The lowest BCUT2D eigenvalue weighted by atomic mass is 10.1. The van der Waals surface area contributed by atoms with Gasteiger partial charge in [-0.25, -0.2) is 4.39 Å². The Hall–Kier alpha value is -1.10. The predicted molar refractivity (Wildman–Crippen MR) is 70.5 cm³/mol. The van der Waals surface area contributed by atoms with E-state index in [0.717, 1.165) is 25.3 Å².